The van der Waals surface area contributed by atoms with Gasteiger partial charge in [0.15, 0.2) is 0 Å². The van der Waals surface area contributed by atoms with Crippen LogP contribution in [0.2, 0.25) is 0 Å². The van der Waals surface area contributed by atoms with Crippen LogP contribution in [0.5, 0.6) is 0 Å². The van der Waals surface area contributed by atoms with Crippen LogP contribution in [-0.4, -0.2) is 2.78 Å². The van der Waals surface area contributed by atoms with Crippen molar-refractivity contribution in [1.82, 2.24) is 2.78 Å². The molecule has 0 radical (unpaired) electrons. The van der Waals surface area contributed by atoms with E-state index in [4.69, 9.17) is 0 Å². The lowest BCUT2D eigenvalue weighted by Gasteiger charge is -2.05. The number of hydrogen-bond donors (Lipinski definition) is 0. The van der Waals surface area contributed by atoms with Gasteiger partial charge in [0.1, 0.15) is 0 Å². The summed E-state index contributed by atoms with van der Waals surface area (Å²) < 4.78 is 5.09. The molecule has 1 nitrogen and oxygen atoms in total. The van der Waals surface area contributed by atoms with Crippen molar-refractivity contribution in [3.05, 3.63) is 72.8 Å². The number of thiophene rings is 1. The highest BCUT2D eigenvalue weighted by molar-refractivity contribution is 14.1. The van der Waals surface area contributed by atoms with Crippen LogP contribution in [0, 0.1) is 0 Å². The van der Waals surface area contributed by atoms with Crippen LogP contribution in [0.3, 0.4) is 0 Å². The Kier molecular flexibility index (Phi) is 2.80. The smallest absolute Gasteiger partial charge is 0.0683 e. The Labute approximate surface area is 162 Å². The summed E-state index contributed by atoms with van der Waals surface area (Å²) in [4.78, 5) is 0. The first-order valence-electron chi connectivity index (χ1n) is 8.26. The minimum atomic E-state index is 1.29. The molecule has 0 saturated heterocycles. The summed E-state index contributed by atoms with van der Waals surface area (Å²) in [7, 11) is 0. The van der Waals surface area contributed by atoms with Crippen molar-refractivity contribution in [1.29, 1.82) is 0 Å². The molecule has 0 fully saturated rings. The minimum Gasteiger partial charge on any atom is -0.281 e. The van der Waals surface area contributed by atoms with E-state index in [1.165, 1.54) is 52.8 Å². The second kappa shape index (κ2) is 4.96. The quantitative estimate of drug-likeness (QED) is 0.212. The SMILES string of the molecule is In1c2ccccc2c2c3sc4ccccc4c3c3ccccc3c21. The Bertz CT molecular complexity index is 1460. The molecule has 0 aliphatic heterocycles. The molecule has 0 unspecified atom stereocenters. The van der Waals surface area contributed by atoms with Gasteiger partial charge in [-0.05, 0) is 17.5 Å². The molecule has 0 spiro atoms. The topological polar surface area (TPSA) is 4.93 Å². The fourth-order valence-corrected chi connectivity index (χ4v) is 6.27. The van der Waals surface area contributed by atoms with E-state index in [1.54, 1.807) is 0 Å². The number of rotatable bonds is 0. The average Bonchev–Trinajstić information content (AvgIpc) is 3.19. The number of benzene rings is 4. The first kappa shape index (κ1) is 14.1. The molecule has 2 aromatic heterocycles. The van der Waals surface area contributed by atoms with Gasteiger partial charge in [0.05, 0.1) is 33.9 Å². The van der Waals surface area contributed by atoms with Crippen LogP contribution in [0.1, 0.15) is 0 Å². The van der Waals surface area contributed by atoms with Crippen LogP contribution in [0.25, 0.3) is 52.8 Å². The van der Waals surface area contributed by atoms with Gasteiger partial charge < -0.3 is 0 Å². The number of para-hydroxylation sites is 1. The van der Waals surface area contributed by atoms with Crippen molar-refractivity contribution in [2.24, 2.45) is 0 Å². The average molecular weight is 449 g/mol. The van der Waals surface area contributed by atoms with E-state index in [0.29, 0.717) is 0 Å². The zero-order valence-corrected chi connectivity index (χ0v) is 16.1. The molecule has 4 aromatic carbocycles. The summed E-state index contributed by atoms with van der Waals surface area (Å²) in [5, 5.41) is 8.18. The molecule has 25 heavy (non-hydrogen) atoms. The third kappa shape index (κ3) is 1.72. The summed E-state index contributed by atoms with van der Waals surface area (Å²) in [6.07, 6.45) is 0. The second-order valence-electron chi connectivity index (χ2n) is 6.37. The largest absolute Gasteiger partial charge is 0.281 e. The van der Waals surface area contributed by atoms with Gasteiger partial charge >= 0.3 is 0 Å². The van der Waals surface area contributed by atoms with Crippen molar-refractivity contribution < 1.29 is 0 Å². The molecule has 118 valence electrons. The number of aromatic nitrogens is 1. The highest BCUT2D eigenvalue weighted by atomic mass is 127. The zero-order valence-electron chi connectivity index (χ0n) is 13.2. The number of fused-ring (bicyclic) bond motifs is 10. The summed E-state index contributed by atoms with van der Waals surface area (Å²) in [5.41, 5.74) is 2.62. The molecule has 0 bridgehead atoms. The first-order valence-corrected chi connectivity index (χ1v) is 10.0. The maximum absolute atomic E-state index is 2.45. The summed E-state index contributed by atoms with van der Waals surface area (Å²) in [5.74, 6) is 0. The Hall–Kier alpha value is -2.11. The normalized spacial score (nSPS) is 12.2. The molecule has 0 amide bonds. The van der Waals surface area contributed by atoms with E-state index in [1.807, 2.05) is 11.3 Å². The lowest BCUT2D eigenvalue weighted by Crippen LogP contribution is -1.82. The van der Waals surface area contributed by atoms with Gasteiger partial charge in [-0.3, -0.25) is 2.78 Å². The van der Waals surface area contributed by atoms with E-state index in [2.05, 4.69) is 98.4 Å². The van der Waals surface area contributed by atoms with Gasteiger partial charge in [-0.25, -0.2) is 0 Å². The molecule has 0 N–H and O–H groups in total. The van der Waals surface area contributed by atoms with Crippen molar-refractivity contribution in [2.45, 2.75) is 0 Å². The lowest BCUT2D eigenvalue weighted by molar-refractivity contribution is 1.51. The van der Waals surface area contributed by atoms with E-state index >= 15 is 0 Å². The van der Waals surface area contributed by atoms with Crippen molar-refractivity contribution in [2.75, 3.05) is 0 Å². The van der Waals surface area contributed by atoms with Crippen LogP contribution >= 0.6 is 34.2 Å². The van der Waals surface area contributed by atoms with E-state index in [0.717, 1.165) is 0 Å². The fraction of sp³-hybridized carbons (Fsp3) is 0. The molecule has 6 aromatic rings. The molecule has 6 rings (SSSR count). The molecule has 0 saturated carbocycles. The number of hydrogen-bond acceptors (Lipinski definition) is 1. The first-order chi connectivity index (χ1) is 12.3. The Morgan fingerprint density at radius 1 is 0.640 bits per heavy atom. The fourth-order valence-electron chi connectivity index (χ4n) is 4.07. The molecular weight excluding hydrogens is 437 g/mol. The Morgan fingerprint density at radius 3 is 2.12 bits per heavy atom. The molecule has 3 heteroatoms. The lowest BCUT2D eigenvalue weighted by atomic mass is 10.00. The van der Waals surface area contributed by atoms with Crippen molar-refractivity contribution in [3.8, 4) is 0 Å². The third-order valence-electron chi connectivity index (χ3n) is 5.09. The Morgan fingerprint density at radius 2 is 1.28 bits per heavy atom. The standard InChI is InChI=1S/C22H12INS/c23-24-17-11-5-3-9-15(17)20-21(24)14-8-2-1-7-13(14)19-16-10-4-6-12-18(16)25-22(19)20/h1-12H. The second-order valence-corrected chi connectivity index (χ2v) is 8.39. The summed E-state index contributed by atoms with van der Waals surface area (Å²) in [6.45, 7) is 0. The summed E-state index contributed by atoms with van der Waals surface area (Å²) >= 11 is 4.37. The number of halogens is 1. The predicted molar refractivity (Wildman–Crippen MR) is 119 cm³/mol. The highest BCUT2D eigenvalue weighted by Gasteiger charge is 2.19. The van der Waals surface area contributed by atoms with Crippen LogP contribution in [-0.2, 0) is 0 Å². The monoisotopic (exact) mass is 449 g/mol. The predicted octanol–water partition coefficient (Wildman–Crippen LogP) is 7.51. The van der Waals surface area contributed by atoms with Gasteiger partial charge in [-0.2, -0.15) is 0 Å². The Balaban J connectivity index is 2.11. The maximum atomic E-state index is 2.45. The van der Waals surface area contributed by atoms with E-state index in [-0.39, 0.29) is 0 Å². The van der Waals surface area contributed by atoms with E-state index < -0.39 is 0 Å². The van der Waals surface area contributed by atoms with Gasteiger partial charge in [-0.15, -0.1) is 11.3 Å². The van der Waals surface area contributed by atoms with Gasteiger partial charge in [0.2, 0.25) is 0 Å². The molecule has 0 aliphatic rings. The third-order valence-corrected chi connectivity index (χ3v) is 7.28. The number of nitrogens with zero attached hydrogens (tertiary/aromatic N) is 1. The van der Waals surface area contributed by atoms with Crippen LogP contribution in [0.4, 0.5) is 0 Å². The zero-order chi connectivity index (χ0) is 16.5. The van der Waals surface area contributed by atoms with Crippen LogP contribution in [0.15, 0.2) is 72.8 Å². The molecular formula is C22H12INS. The van der Waals surface area contributed by atoms with Crippen LogP contribution < -0.4 is 0 Å². The van der Waals surface area contributed by atoms with Crippen molar-refractivity contribution >= 4 is 87.0 Å². The van der Waals surface area contributed by atoms with Gasteiger partial charge in [0.25, 0.3) is 0 Å². The van der Waals surface area contributed by atoms with Gasteiger partial charge in [0, 0.05) is 36.3 Å². The maximum Gasteiger partial charge on any atom is 0.0683 e. The summed E-state index contributed by atoms with van der Waals surface area (Å²) in [6, 6.07) is 26.4. The van der Waals surface area contributed by atoms with Crippen molar-refractivity contribution in [3.63, 3.8) is 0 Å². The highest BCUT2D eigenvalue weighted by Crippen LogP contribution is 2.47. The molecule has 0 aliphatic carbocycles. The minimum absolute atomic E-state index is 1.29. The molecule has 0 atom stereocenters. The van der Waals surface area contributed by atoms with E-state index in [9.17, 15) is 0 Å². The molecule has 2 heterocycles. The van der Waals surface area contributed by atoms with Gasteiger partial charge in [-0.1, -0.05) is 60.7 Å².